The van der Waals surface area contributed by atoms with Crippen LogP contribution in [0.25, 0.3) is 0 Å². The third-order valence-electron chi connectivity index (χ3n) is 3.89. The fourth-order valence-electron chi connectivity index (χ4n) is 2.40. The van der Waals surface area contributed by atoms with Crippen molar-refractivity contribution in [1.82, 2.24) is 5.32 Å². The first-order valence-corrected chi connectivity index (χ1v) is 11.2. The largest absolute Gasteiger partial charge is 0.494 e. The molecule has 25 heavy (non-hydrogen) atoms. The molecule has 0 atom stereocenters. The van der Waals surface area contributed by atoms with Gasteiger partial charge in [-0.3, -0.25) is 4.79 Å². The van der Waals surface area contributed by atoms with E-state index in [4.69, 9.17) is 4.74 Å². The van der Waals surface area contributed by atoms with Crippen molar-refractivity contribution in [2.45, 2.75) is 51.9 Å². The van der Waals surface area contributed by atoms with Crippen LogP contribution >= 0.6 is 0 Å². The summed E-state index contributed by atoms with van der Waals surface area (Å²) in [6, 6.07) is 6.92. The van der Waals surface area contributed by atoms with Gasteiger partial charge in [-0.25, -0.2) is 8.42 Å². The predicted octanol–water partition coefficient (Wildman–Crippen LogP) is 3.59. The van der Waals surface area contributed by atoms with Gasteiger partial charge < -0.3 is 10.1 Å². The second kappa shape index (κ2) is 11.9. The standard InChI is InChI=1S/C19H31NO4S/c1-3-4-5-6-7-8-9-15-24-18-12-10-17(11-13-18)19(21)20-14-16-25(2,22)23/h10-13H,3-9,14-16H2,1-2H3,(H,20,21). The summed E-state index contributed by atoms with van der Waals surface area (Å²) in [5, 5.41) is 2.60. The van der Waals surface area contributed by atoms with Crippen molar-refractivity contribution >= 4 is 15.7 Å². The molecule has 0 aliphatic carbocycles. The summed E-state index contributed by atoms with van der Waals surface area (Å²) in [7, 11) is -3.07. The van der Waals surface area contributed by atoms with Crippen molar-refractivity contribution in [3.8, 4) is 5.75 Å². The Bertz CT molecular complexity index is 596. The lowest BCUT2D eigenvalue weighted by atomic mass is 10.1. The van der Waals surface area contributed by atoms with Crippen molar-refractivity contribution in [3.05, 3.63) is 29.8 Å². The van der Waals surface area contributed by atoms with Gasteiger partial charge in [-0.15, -0.1) is 0 Å². The van der Waals surface area contributed by atoms with Crippen LogP contribution in [0.1, 0.15) is 62.2 Å². The highest BCUT2D eigenvalue weighted by Gasteiger charge is 2.07. The average molecular weight is 370 g/mol. The van der Waals surface area contributed by atoms with Gasteiger partial charge in [0.05, 0.1) is 12.4 Å². The lowest BCUT2D eigenvalue weighted by Crippen LogP contribution is -2.28. The van der Waals surface area contributed by atoms with E-state index in [2.05, 4.69) is 12.2 Å². The second-order valence-electron chi connectivity index (χ2n) is 6.38. The van der Waals surface area contributed by atoms with Crippen LogP contribution in [0.4, 0.5) is 0 Å². The molecule has 0 aromatic heterocycles. The molecule has 5 nitrogen and oxygen atoms in total. The molecule has 1 rings (SSSR count). The van der Waals surface area contributed by atoms with Crippen molar-refractivity contribution in [2.75, 3.05) is 25.2 Å². The van der Waals surface area contributed by atoms with Crippen molar-refractivity contribution < 1.29 is 17.9 Å². The maximum Gasteiger partial charge on any atom is 0.251 e. The molecule has 0 heterocycles. The zero-order valence-electron chi connectivity index (χ0n) is 15.4. The van der Waals surface area contributed by atoms with Gasteiger partial charge in [0, 0.05) is 18.4 Å². The Labute approximate surface area is 152 Å². The number of hydrogen-bond acceptors (Lipinski definition) is 4. The Morgan fingerprint density at radius 2 is 1.60 bits per heavy atom. The molecule has 1 N–H and O–H groups in total. The van der Waals surface area contributed by atoms with Gasteiger partial charge in [0.1, 0.15) is 15.6 Å². The van der Waals surface area contributed by atoms with E-state index in [0.717, 1.165) is 18.4 Å². The van der Waals surface area contributed by atoms with Gasteiger partial charge in [0.15, 0.2) is 0 Å². The summed E-state index contributed by atoms with van der Waals surface area (Å²) >= 11 is 0. The first-order valence-electron chi connectivity index (χ1n) is 9.11. The number of rotatable bonds is 13. The number of amides is 1. The highest BCUT2D eigenvalue weighted by Crippen LogP contribution is 2.13. The number of unbranched alkanes of at least 4 members (excludes halogenated alkanes) is 6. The number of carbonyl (C=O) groups is 1. The van der Waals surface area contributed by atoms with Gasteiger partial charge in [0.2, 0.25) is 0 Å². The Kier molecular flexibility index (Phi) is 10.2. The van der Waals surface area contributed by atoms with Gasteiger partial charge >= 0.3 is 0 Å². The van der Waals surface area contributed by atoms with E-state index < -0.39 is 9.84 Å². The molecule has 1 aromatic carbocycles. The van der Waals surface area contributed by atoms with Gasteiger partial charge in [0.25, 0.3) is 5.91 Å². The number of hydrogen-bond donors (Lipinski definition) is 1. The summed E-state index contributed by atoms with van der Waals surface area (Å²) < 4.78 is 27.8. The summed E-state index contributed by atoms with van der Waals surface area (Å²) in [5.74, 6) is 0.416. The molecular formula is C19H31NO4S. The smallest absolute Gasteiger partial charge is 0.251 e. The molecule has 0 fully saturated rings. The monoisotopic (exact) mass is 369 g/mol. The lowest BCUT2D eigenvalue weighted by molar-refractivity contribution is 0.0956. The predicted molar refractivity (Wildman–Crippen MR) is 102 cm³/mol. The lowest BCUT2D eigenvalue weighted by Gasteiger charge is -2.08. The zero-order valence-corrected chi connectivity index (χ0v) is 16.2. The Hall–Kier alpha value is -1.56. The molecule has 0 aliphatic rings. The number of ether oxygens (including phenoxy) is 1. The summed E-state index contributed by atoms with van der Waals surface area (Å²) in [5.41, 5.74) is 0.497. The summed E-state index contributed by atoms with van der Waals surface area (Å²) in [6.45, 7) is 3.03. The normalized spacial score (nSPS) is 11.3. The Morgan fingerprint density at radius 1 is 1.00 bits per heavy atom. The summed E-state index contributed by atoms with van der Waals surface area (Å²) in [6.07, 6.45) is 9.86. The quantitative estimate of drug-likeness (QED) is 0.539. The number of benzene rings is 1. The van der Waals surface area contributed by atoms with E-state index in [1.165, 1.54) is 38.5 Å². The minimum atomic E-state index is -3.07. The van der Waals surface area contributed by atoms with E-state index >= 15 is 0 Å². The summed E-state index contributed by atoms with van der Waals surface area (Å²) in [4.78, 5) is 11.9. The van der Waals surface area contributed by atoms with Crippen molar-refractivity contribution in [3.63, 3.8) is 0 Å². The molecule has 0 aliphatic heterocycles. The van der Waals surface area contributed by atoms with Crippen molar-refractivity contribution in [1.29, 1.82) is 0 Å². The molecule has 6 heteroatoms. The first-order chi connectivity index (χ1) is 11.9. The third-order valence-corrected chi connectivity index (χ3v) is 4.84. The molecule has 1 amide bonds. The molecule has 0 radical (unpaired) electrons. The van der Waals surface area contributed by atoms with Crippen LogP contribution in [0.5, 0.6) is 5.75 Å². The maximum absolute atomic E-state index is 11.9. The van der Waals surface area contributed by atoms with Gasteiger partial charge in [-0.2, -0.15) is 0 Å². The molecular weight excluding hydrogens is 338 g/mol. The van der Waals surface area contributed by atoms with E-state index in [-0.39, 0.29) is 18.2 Å². The fraction of sp³-hybridized carbons (Fsp3) is 0.632. The topological polar surface area (TPSA) is 72.5 Å². The molecule has 0 saturated carbocycles. The van der Waals surface area contributed by atoms with Crippen molar-refractivity contribution in [2.24, 2.45) is 0 Å². The number of sulfone groups is 1. The SMILES string of the molecule is CCCCCCCCCOc1ccc(C(=O)NCCS(C)(=O)=O)cc1. The highest BCUT2D eigenvalue weighted by molar-refractivity contribution is 7.90. The van der Waals surface area contributed by atoms with Crippen LogP contribution in [-0.4, -0.2) is 39.5 Å². The number of carbonyl (C=O) groups excluding carboxylic acids is 1. The fourth-order valence-corrected chi connectivity index (χ4v) is 2.88. The minimum Gasteiger partial charge on any atom is -0.494 e. The Morgan fingerprint density at radius 3 is 2.20 bits per heavy atom. The van der Waals surface area contributed by atoms with Crippen LogP contribution in [0, 0.1) is 0 Å². The molecule has 142 valence electrons. The van der Waals surface area contributed by atoms with E-state index in [9.17, 15) is 13.2 Å². The second-order valence-corrected chi connectivity index (χ2v) is 8.64. The molecule has 1 aromatic rings. The third kappa shape index (κ3) is 10.8. The van der Waals surface area contributed by atoms with E-state index in [1.54, 1.807) is 24.3 Å². The molecule has 0 unspecified atom stereocenters. The van der Waals surface area contributed by atoms with Crippen LogP contribution in [-0.2, 0) is 9.84 Å². The number of nitrogens with one attached hydrogen (secondary N) is 1. The van der Waals surface area contributed by atoms with Crippen LogP contribution in [0.2, 0.25) is 0 Å². The molecule has 0 saturated heterocycles. The highest BCUT2D eigenvalue weighted by atomic mass is 32.2. The van der Waals surface area contributed by atoms with Crippen LogP contribution in [0.15, 0.2) is 24.3 Å². The van der Waals surface area contributed by atoms with E-state index in [1.807, 2.05) is 0 Å². The average Bonchev–Trinajstić information content (AvgIpc) is 2.56. The maximum atomic E-state index is 11.9. The Balaban J connectivity index is 2.21. The van der Waals surface area contributed by atoms with Gasteiger partial charge in [-0.1, -0.05) is 45.4 Å². The van der Waals surface area contributed by atoms with Gasteiger partial charge in [-0.05, 0) is 30.7 Å². The molecule has 0 spiro atoms. The van der Waals surface area contributed by atoms with Crippen LogP contribution in [0.3, 0.4) is 0 Å². The first kappa shape index (κ1) is 21.5. The van der Waals surface area contributed by atoms with Crippen LogP contribution < -0.4 is 10.1 Å². The minimum absolute atomic E-state index is 0.0572. The zero-order chi connectivity index (χ0) is 18.5. The van der Waals surface area contributed by atoms with E-state index in [0.29, 0.717) is 12.2 Å². The molecule has 0 bridgehead atoms.